The predicted octanol–water partition coefficient (Wildman–Crippen LogP) is 5.30. The lowest BCUT2D eigenvalue weighted by Crippen LogP contribution is -2.52. The molecule has 0 saturated heterocycles. The maximum Gasteiger partial charge on any atom is 0.264 e. The molecule has 9 nitrogen and oxygen atoms in total. The average molecular weight is 622 g/mol. The van der Waals surface area contributed by atoms with Crippen molar-refractivity contribution >= 4 is 27.5 Å². The molecule has 236 valence electrons. The number of nitrogens with one attached hydrogen (secondary N) is 1. The Morgan fingerprint density at radius 3 is 2.16 bits per heavy atom. The van der Waals surface area contributed by atoms with Crippen LogP contribution in [0, 0.1) is 20.8 Å². The number of carbonyl (C=O) groups excluding carboxylic acids is 2. The number of sulfonamides is 1. The summed E-state index contributed by atoms with van der Waals surface area (Å²) in [6.07, 6.45) is 3.94. The summed E-state index contributed by atoms with van der Waals surface area (Å²) in [4.78, 5) is 29.2. The zero-order valence-corrected chi connectivity index (χ0v) is 27.2. The summed E-state index contributed by atoms with van der Waals surface area (Å²) in [6, 6.07) is 16.7. The Hall–Kier alpha value is -4.05. The van der Waals surface area contributed by atoms with Gasteiger partial charge in [-0.25, -0.2) is 8.42 Å². The standard InChI is InChI=1S/C34H43N3O6S/c1-23-17-24(2)19-29(18-23)37(44(40,41)30-15-16-31(42-5)32(20-30)43-6)22-33(38)36(21-27-12-8-7-11-25(27)3)26(4)34(39)35-28-13-9-10-14-28/h7-8,11-12,15-20,26,28H,9-10,13-14,21-22H2,1-6H3,(H,35,39)/t26-/m0/s1. The number of carbonyl (C=O) groups is 2. The van der Waals surface area contributed by atoms with Crippen LogP contribution in [0.25, 0.3) is 0 Å². The van der Waals surface area contributed by atoms with E-state index < -0.39 is 28.5 Å². The van der Waals surface area contributed by atoms with Crippen molar-refractivity contribution in [2.45, 2.75) is 76.9 Å². The van der Waals surface area contributed by atoms with E-state index in [0.717, 1.165) is 52.2 Å². The minimum absolute atomic E-state index is 0.0559. The fraction of sp³-hybridized carbons (Fsp3) is 0.412. The lowest BCUT2D eigenvalue weighted by molar-refractivity contribution is -0.139. The normalized spacial score (nSPS) is 14.1. The molecule has 1 N–H and O–H groups in total. The van der Waals surface area contributed by atoms with Gasteiger partial charge in [-0.3, -0.25) is 13.9 Å². The van der Waals surface area contributed by atoms with Crippen molar-refractivity contribution < 1.29 is 27.5 Å². The lowest BCUT2D eigenvalue weighted by Gasteiger charge is -2.33. The number of hydrogen-bond acceptors (Lipinski definition) is 6. The Kier molecular flexibility index (Phi) is 10.6. The van der Waals surface area contributed by atoms with Crippen LogP contribution in [0.3, 0.4) is 0 Å². The van der Waals surface area contributed by atoms with E-state index in [-0.39, 0.29) is 29.1 Å². The molecule has 1 aliphatic rings. The summed E-state index contributed by atoms with van der Waals surface area (Å²) < 4.78 is 40.4. The minimum Gasteiger partial charge on any atom is -0.493 e. The molecule has 0 unspecified atom stereocenters. The van der Waals surface area contributed by atoms with Gasteiger partial charge in [-0.2, -0.15) is 0 Å². The van der Waals surface area contributed by atoms with Gasteiger partial charge in [-0.05, 0) is 87.1 Å². The van der Waals surface area contributed by atoms with Gasteiger partial charge in [0.25, 0.3) is 10.0 Å². The van der Waals surface area contributed by atoms with Crippen LogP contribution in [-0.2, 0) is 26.2 Å². The van der Waals surface area contributed by atoms with Crippen LogP contribution in [0.15, 0.2) is 65.6 Å². The molecule has 0 aromatic heterocycles. The summed E-state index contributed by atoms with van der Waals surface area (Å²) in [5.74, 6) is -0.115. The highest BCUT2D eigenvalue weighted by atomic mass is 32.2. The zero-order chi connectivity index (χ0) is 32.0. The highest BCUT2D eigenvalue weighted by Gasteiger charge is 2.34. The fourth-order valence-electron chi connectivity index (χ4n) is 5.67. The van der Waals surface area contributed by atoms with Crippen molar-refractivity contribution in [1.29, 1.82) is 0 Å². The first kappa shape index (κ1) is 32.9. The monoisotopic (exact) mass is 621 g/mol. The molecule has 0 spiro atoms. The molecule has 10 heteroatoms. The number of rotatable bonds is 12. The predicted molar refractivity (Wildman–Crippen MR) is 172 cm³/mol. The van der Waals surface area contributed by atoms with Crippen molar-refractivity contribution in [2.75, 3.05) is 25.1 Å². The molecule has 3 aromatic carbocycles. The molecule has 1 saturated carbocycles. The molecule has 0 radical (unpaired) electrons. The molecule has 1 aliphatic carbocycles. The Morgan fingerprint density at radius 1 is 0.909 bits per heavy atom. The highest BCUT2D eigenvalue weighted by Crippen LogP contribution is 2.33. The van der Waals surface area contributed by atoms with E-state index >= 15 is 0 Å². The molecule has 0 bridgehead atoms. The van der Waals surface area contributed by atoms with Crippen molar-refractivity contribution in [3.05, 3.63) is 82.9 Å². The van der Waals surface area contributed by atoms with Gasteiger partial charge in [-0.15, -0.1) is 0 Å². The van der Waals surface area contributed by atoms with Crippen LogP contribution in [0.5, 0.6) is 11.5 Å². The summed E-state index contributed by atoms with van der Waals surface area (Å²) in [5, 5.41) is 3.10. The first-order chi connectivity index (χ1) is 20.9. The van der Waals surface area contributed by atoms with Gasteiger partial charge >= 0.3 is 0 Å². The van der Waals surface area contributed by atoms with Crippen molar-refractivity contribution in [1.82, 2.24) is 10.2 Å². The lowest BCUT2D eigenvalue weighted by atomic mass is 10.1. The molecular weight excluding hydrogens is 578 g/mol. The molecule has 2 amide bonds. The van der Waals surface area contributed by atoms with E-state index in [1.54, 1.807) is 19.1 Å². The number of amides is 2. The summed E-state index contributed by atoms with van der Waals surface area (Å²) in [7, 11) is -1.37. The van der Waals surface area contributed by atoms with Gasteiger partial charge < -0.3 is 19.7 Å². The largest absolute Gasteiger partial charge is 0.493 e. The molecular formula is C34H43N3O6S. The van der Waals surface area contributed by atoms with Gasteiger partial charge in [0.15, 0.2) is 11.5 Å². The maximum atomic E-state index is 14.3. The third kappa shape index (κ3) is 7.53. The van der Waals surface area contributed by atoms with Gasteiger partial charge in [0.1, 0.15) is 12.6 Å². The number of nitrogens with zero attached hydrogens (tertiary/aromatic N) is 2. The number of anilines is 1. The van der Waals surface area contributed by atoms with Gasteiger partial charge in [0, 0.05) is 18.7 Å². The highest BCUT2D eigenvalue weighted by molar-refractivity contribution is 7.92. The summed E-state index contributed by atoms with van der Waals surface area (Å²) in [6.45, 7) is 7.04. The molecule has 1 fully saturated rings. The van der Waals surface area contributed by atoms with Crippen LogP contribution < -0.4 is 19.1 Å². The first-order valence-corrected chi connectivity index (χ1v) is 16.4. The zero-order valence-electron chi connectivity index (χ0n) is 26.4. The second-order valence-electron chi connectivity index (χ2n) is 11.5. The molecule has 0 heterocycles. The van der Waals surface area contributed by atoms with Crippen LogP contribution >= 0.6 is 0 Å². The third-order valence-corrected chi connectivity index (χ3v) is 9.96. The second kappa shape index (κ2) is 14.2. The van der Waals surface area contributed by atoms with Crippen LogP contribution in [0.1, 0.15) is 54.9 Å². The number of aryl methyl sites for hydroxylation is 3. The van der Waals surface area contributed by atoms with E-state index in [2.05, 4.69) is 5.32 Å². The fourth-order valence-corrected chi connectivity index (χ4v) is 7.09. The van der Waals surface area contributed by atoms with E-state index in [1.165, 1.54) is 37.3 Å². The van der Waals surface area contributed by atoms with Gasteiger partial charge in [-0.1, -0.05) is 43.2 Å². The Balaban J connectivity index is 1.75. The second-order valence-corrected chi connectivity index (χ2v) is 13.4. The first-order valence-electron chi connectivity index (χ1n) is 14.9. The topological polar surface area (TPSA) is 105 Å². The quantitative estimate of drug-likeness (QED) is 0.294. The third-order valence-electron chi connectivity index (χ3n) is 8.19. The van der Waals surface area contributed by atoms with Crippen molar-refractivity contribution in [3.63, 3.8) is 0 Å². The van der Waals surface area contributed by atoms with Crippen LogP contribution in [-0.4, -0.2) is 58.0 Å². The number of ether oxygens (including phenoxy) is 2. The van der Waals surface area contributed by atoms with Crippen molar-refractivity contribution in [3.8, 4) is 11.5 Å². The molecule has 0 aliphatic heterocycles. The van der Waals surface area contributed by atoms with Crippen molar-refractivity contribution in [2.24, 2.45) is 0 Å². The number of hydrogen-bond donors (Lipinski definition) is 1. The van der Waals surface area contributed by atoms with E-state index in [0.29, 0.717) is 11.4 Å². The Labute approximate surface area is 261 Å². The average Bonchev–Trinajstić information content (AvgIpc) is 3.51. The number of methoxy groups -OCH3 is 2. The summed E-state index contributed by atoms with van der Waals surface area (Å²) in [5.41, 5.74) is 3.89. The molecule has 4 rings (SSSR count). The van der Waals surface area contributed by atoms with E-state index in [1.807, 2.05) is 51.1 Å². The number of benzene rings is 3. The smallest absolute Gasteiger partial charge is 0.264 e. The molecule has 1 atom stereocenters. The summed E-state index contributed by atoms with van der Waals surface area (Å²) >= 11 is 0. The Morgan fingerprint density at radius 2 is 1.55 bits per heavy atom. The van der Waals surface area contributed by atoms with Gasteiger partial charge in [0.05, 0.1) is 24.8 Å². The van der Waals surface area contributed by atoms with Crippen LogP contribution in [0.4, 0.5) is 5.69 Å². The van der Waals surface area contributed by atoms with E-state index in [9.17, 15) is 18.0 Å². The maximum absolute atomic E-state index is 14.3. The molecule has 44 heavy (non-hydrogen) atoms. The minimum atomic E-state index is -4.27. The SMILES string of the molecule is COc1ccc(S(=O)(=O)N(CC(=O)N(Cc2ccccc2C)[C@@H](C)C(=O)NC2CCCC2)c2cc(C)cc(C)c2)cc1OC. The van der Waals surface area contributed by atoms with Crippen LogP contribution in [0.2, 0.25) is 0 Å². The Bertz CT molecular complexity index is 1580. The van der Waals surface area contributed by atoms with E-state index in [4.69, 9.17) is 9.47 Å². The van der Waals surface area contributed by atoms with Gasteiger partial charge in [0.2, 0.25) is 11.8 Å². The molecule has 3 aromatic rings.